The predicted molar refractivity (Wildman–Crippen MR) is 150 cm³/mol. The van der Waals surface area contributed by atoms with Gasteiger partial charge in [0, 0.05) is 16.1 Å². The normalized spacial score (nSPS) is 16.3. The van der Waals surface area contributed by atoms with Gasteiger partial charge in [-0.1, -0.05) is 39.4 Å². The quantitative estimate of drug-likeness (QED) is 0.301. The number of aromatic nitrogens is 1. The number of fused-ring (bicyclic) bond motifs is 2. The zero-order chi connectivity index (χ0) is 27.3. The van der Waals surface area contributed by atoms with E-state index in [-0.39, 0.29) is 19.0 Å². The number of benzene rings is 2. The van der Waals surface area contributed by atoms with E-state index in [2.05, 4.69) is 20.9 Å². The molecule has 0 fully saturated rings. The molecule has 2 aromatic carbocycles. The van der Waals surface area contributed by atoms with Gasteiger partial charge in [0.2, 0.25) is 6.79 Å². The van der Waals surface area contributed by atoms with Crippen LogP contribution in [-0.2, 0) is 9.53 Å². The molecule has 4 heterocycles. The molecule has 10 heteroatoms. The molecule has 6 rings (SSSR count). The van der Waals surface area contributed by atoms with Crippen LogP contribution < -0.4 is 24.4 Å². The maximum Gasteiger partial charge on any atom is 0.338 e. The molecule has 2 aliphatic rings. The molecule has 1 atom stereocenters. The molecule has 2 aliphatic heterocycles. The Bertz CT molecular complexity index is 1850. The van der Waals surface area contributed by atoms with E-state index in [1.807, 2.05) is 43.3 Å². The average molecular weight is 607 g/mol. The number of ether oxygens (including phenoxy) is 3. The standard InChI is InChI=1S/C29H23BrN2O6S/c1-4-35-28(34)25-16(3)31-29-32(26(25)17-6-9-22-23(12-17)37-14-36-22)27(33)24(39-29)13-18-7-10-21(38-18)19-8-5-15(2)11-20(19)30/h5-13,26H,4,14H2,1-3H3/b24-13+/t26-/m1/s1. The molecular weight excluding hydrogens is 584 g/mol. The summed E-state index contributed by atoms with van der Waals surface area (Å²) in [6.45, 7) is 5.83. The zero-order valence-electron chi connectivity index (χ0n) is 21.3. The summed E-state index contributed by atoms with van der Waals surface area (Å²) >= 11 is 4.84. The Balaban J connectivity index is 1.48. The van der Waals surface area contributed by atoms with Crippen molar-refractivity contribution in [2.24, 2.45) is 4.99 Å². The van der Waals surface area contributed by atoms with Crippen molar-refractivity contribution in [3.8, 4) is 22.8 Å². The van der Waals surface area contributed by atoms with Crippen molar-refractivity contribution in [2.45, 2.75) is 26.8 Å². The lowest BCUT2D eigenvalue weighted by Gasteiger charge is -2.24. The highest BCUT2D eigenvalue weighted by Crippen LogP contribution is 2.38. The minimum Gasteiger partial charge on any atom is -0.463 e. The molecule has 0 saturated heterocycles. The molecule has 0 radical (unpaired) electrons. The van der Waals surface area contributed by atoms with Crippen LogP contribution in [0.3, 0.4) is 0 Å². The second-order valence-corrected chi connectivity index (χ2v) is 11.0. The SMILES string of the molecule is CCOC(=O)C1=C(C)N=c2s/c(=C/c3ccc(-c4ccc(C)cc4Br)o3)c(=O)n2[C@@H]1c1ccc2c(c1)OCO2. The minimum absolute atomic E-state index is 0.117. The summed E-state index contributed by atoms with van der Waals surface area (Å²) in [7, 11) is 0. The van der Waals surface area contributed by atoms with Gasteiger partial charge in [0.15, 0.2) is 16.3 Å². The fourth-order valence-electron chi connectivity index (χ4n) is 4.71. The van der Waals surface area contributed by atoms with Crippen LogP contribution in [0.5, 0.6) is 11.5 Å². The molecule has 8 nitrogen and oxygen atoms in total. The predicted octanol–water partition coefficient (Wildman–Crippen LogP) is 4.86. The first-order valence-corrected chi connectivity index (χ1v) is 13.9. The smallest absolute Gasteiger partial charge is 0.338 e. The zero-order valence-corrected chi connectivity index (χ0v) is 23.7. The second-order valence-electron chi connectivity index (χ2n) is 9.10. The first-order valence-electron chi connectivity index (χ1n) is 12.3. The molecule has 0 aliphatic carbocycles. The van der Waals surface area contributed by atoms with Crippen molar-refractivity contribution in [1.29, 1.82) is 0 Å². The third-order valence-corrected chi connectivity index (χ3v) is 8.16. The highest BCUT2D eigenvalue weighted by molar-refractivity contribution is 9.10. The number of furan rings is 1. The van der Waals surface area contributed by atoms with Gasteiger partial charge in [0.05, 0.1) is 28.5 Å². The second kappa shape index (κ2) is 10.0. The topological polar surface area (TPSA) is 92.3 Å². The number of rotatable bonds is 5. The van der Waals surface area contributed by atoms with Gasteiger partial charge in [0.1, 0.15) is 11.5 Å². The van der Waals surface area contributed by atoms with Gasteiger partial charge in [-0.05, 0) is 68.3 Å². The number of halogens is 1. The fraction of sp³-hybridized carbons (Fsp3) is 0.207. The summed E-state index contributed by atoms with van der Waals surface area (Å²) in [5.41, 5.74) is 3.25. The number of carbonyl (C=O) groups excluding carboxylic acids is 1. The Morgan fingerprint density at radius 3 is 2.77 bits per heavy atom. The van der Waals surface area contributed by atoms with Crippen molar-refractivity contribution in [3.05, 3.63) is 101 Å². The van der Waals surface area contributed by atoms with Gasteiger partial charge < -0.3 is 18.6 Å². The monoisotopic (exact) mass is 606 g/mol. The van der Waals surface area contributed by atoms with E-state index in [1.165, 1.54) is 15.9 Å². The van der Waals surface area contributed by atoms with E-state index in [4.69, 9.17) is 18.6 Å². The van der Waals surface area contributed by atoms with Gasteiger partial charge in [0.25, 0.3) is 5.56 Å². The number of allylic oxidation sites excluding steroid dienone is 1. The Morgan fingerprint density at radius 2 is 1.97 bits per heavy atom. The summed E-state index contributed by atoms with van der Waals surface area (Å²) in [4.78, 5) is 32.0. The summed E-state index contributed by atoms with van der Waals surface area (Å²) in [6.07, 6.45) is 1.70. The van der Waals surface area contributed by atoms with E-state index >= 15 is 0 Å². The van der Waals surface area contributed by atoms with Crippen molar-refractivity contribution in [3.63, 3.8) is 0 Å². The molecular formula is C29H23BrN2O6S. The molecule has 0 N–H and O–H groups in total. The number of hydrogen-bond acceptors (Lipinski definition) is 8. The molecule has 0 unspecified atom stereocenters. The molecule has 0 amide bonds. The van der Waals surface area contributed by atoms with Crippen LogP contribution >= 0.6 is 27.3 Å². The third kappa shape index (κ3) is 4.53. The maximum absolute atomic E-state index is 13.8. The van der Waals surface area contributed by atoms with E-state index in [1.54, 1.807) is 32.1 Å². The van der Waals surface area contributed by atoms with E-state index in [9.17, 15) is 9.59 Å². The van der Waals surface area contributed by atoms with Gasteiger partial charge in [-0.3, -0.25) is 9.36 Å². The maximum atomic E-state index is 13.8. The largest absolute Gasteiger partial charge is 0.463 e. The van der Waals surface area contributed by atoms with E-state index < -0.39 is 12.0 Å². The van der Waals surface area contributed by atoms with Gasteiger partial charge in [-0.15, -0.1) is 0 Å². The molecule has 198 valence electrons. The van der Waals surface area contributed by atoms with Crippen molar-refractivity contribution < 1.29 is 23.4 Å². The summed E-state index contributed by atoms with van der Waals surface area (Å²) in [5.74, 6) is 1.86. The lowest BCUT2D eigenvalue weighted by atomic mass is 9.95. The van der Waals surface area contributed by atoms with Crippen LogP contribution in [-0.4, -0.2) is 23.9 Å². The molecule has 0 saturated carbocycles. The lowest BCUT2D eigenvalue weighted by molar-refractivity contribution is -0.139. The summed E-state index contributed by atoms with van der Waals surface area (Å²) in [5, 5.41) is 0. The van der Waals surface area contributed by atoms with E-state index in [0.29, 0.717) is 49.2 Å². The van der Waals surface area contributed by atoms with Crippen LogP contribution in [0, 0.1) is 6.92 Å². The van der Waals surface area contributed by atoms with Crippen LogP contribution in [0.1, 0.15) is 36.8 Å². The van der Waals surface area contributed by atoms with Gasteiger partial charge in [-0.25, -0.2) is 9.79 Å². The number of aryl methyl sites for hydroxylation is 1. The van der Waals surface area contributed by atoms with Crippen molar-refractivity contribution in [2.75, 3.05) is 13.4 Å². The molecule has 2 aromatic heterocycles. The van der Waals surface area contributed by atoms with Crippen LogP contribution in [0.2, 0.25) is 0 Å². The Kier molecular flexibility index (Phi) is 6.52. The number of nitrogens with zero attached hydrogens (tertiary/aromatic N) is 2. The molecule has 0 spiro atoms. The minimum atomic E-state index is -0.743. The number of carbonyl (C=O) groups is 1. The first kappa shape index (κ1) is 25.4. The first-order chi connectivity index (χ1) is 18.8. The van der Waals surface area contributed by atoms with Gasteiger partial charge >= 0.3 is 5.97 Å². The Morgan fingerprint density at radius 1 is 1.15 bits per heavy atom. The van der Waals surface area contributed by atoms with Crippen LogP contribution in [0.4, 0.5) is 0 Å². The number of thiazole rings is 1. The molecule has 0 bridgehead atoms. The highest BCUT2D eigenvalue weighted by Gasteiger charge is 2.34. The van der Waals surface area contributed by atoms with Gasteiger partial charge in [-0.2, -0.15) is 0 Å². The Hall–Kier alpha value is -3.89. The third-order valence-electron chi connectivity index (χ3n) is 6.52. The molecule has 39 heavy (non-hydrogen) atoms. The van der Waals surface area contributed by atoms with Crippen LogP contribution in [0.25, 0.3) is 17.4 Å². The lowest BCUT2D eigenvalue weighted by Crippen LogP contribution is -2.39. The van der Waals surface area contributed by atoms with Crippen molar-refractivity contribution in [1.82, 2.24) is 4.57 Å². The fourth-order valence-corrected chi connectivity index (χ4v) is 6.43. The average Bonchev–Trinajstić information content (AvgIpc) is 3.63. The Labute approximate surface area is 235 Å². The number of esters is 1. The van der Waals surface area contributed by atoms with E-state index in [0.717, 1.165) is 15.6 Å². The summed E-state index contributed by atoms with van der Waals surface area (Å²) < 4.78 is 25.4. The van der Waals surface area contributed by atoms with Crippen LogP contribution in [0.15, 0.2) is 78.5 Å². The summed E-state index contributed by atoms with van der Waals surface area (Å²) in [6, 6.07) is 14.4. The molecule has 4 aromatic rings. The van der Waals surface area contributed by atoms with Crippen molar-refractivity contribution >= 4 is 39.3 Å². The highest BCUT2D eigenvalue weighted by atomic mass is 79.9. The number of hydrogen-bond donors (Lipinski definition) is 0.